The van der Waals surface area contributed by atoms with Crippen LogP contribution < -0.4 is 10.6 Å². The van der Waals surface area contributed by atoms with E-state index in [0.29, 0.717) is 6.42 Å². The van der Waals surface area contributed by atoms with Gasteiger partial charge in [-0.15, -0.1) is 5.10 Å². The number of fused-ring (bicyclic) bond motifs is 2. The Hall–Kier alpha value is -3.27. The lowest BCUT2D eigenvalue weighted by molar-refractivity contribution is -0.143. The SMILES string of the molecule is CCC[C@@H]1C=C[C@H]2[C@@H](C(=O)N([C@@H](CO)CC(C)C)[C@@H]2C(=O)NCn2nnc3ccccc32)[C@@H]1C(=O)NC. The van der Waals surface area contributed by atoms with Gasteiger partial charge in [-0.2, -0.15) is 0 Å². The summed E-state index contributed by atoms with van der Waals surface area (Å²) in [7, 11) is 1.58. The minimum Gasteiger partial charge on any atom is -0.394 e. The zero-order chi connectivity index (χ0) is 26.7. The molecule has 1 aromatic carbocycles. The van der Waals surface area contributed by atoms with Gasteiger partial charge in [0.1, 0.15) is 18.2 Å². The van der Waals surface area contributed by atoms with Gasteiger partial charge in [0.15, 0.2) is 0 Å². The van der Waals surface area contributed by atoms with Gasteiger partial charge >= 0.3 is 0 Å². The standard InChI is InChI=1S/C27H38N6O4/c1-5-8-17-11-12-19-23(22(17)25(35)28-4)27(37)33(18(14-34)13-16(2)3)24(19)26(36)29-15-32-21-10-7-6-9-20(21)30-31-32/h6-7,9-12,16-19,22-24,34H,5,8,13-15H2,1-4H3,(H,28,35)(H,29,36)/t17-,18-,19+,22-,23-,24+/m1/s1. The summed E-state index contributed by atoms with van der Waals surface area (Å²) in [6.07, 6.45) is 6.15. The maximum Gasteiger partial charge on any atom is 0.244 e. The van der Waals surface area contributed by atoms with Crippen LogP contribution >= 0.6 is 0 Å². The Morgan fingerprint density at radius 3 is 2.59 bits per heavy atom. The van der Waals surface area contributed by atoms with Crippen LogP contribution in [0.15, 0.2) is 36.4 Å². The average molecular weight is 511 g/mol. The number of benzene rings is 1. The van der Waals surface area contributed by atoms with Crippen molar-refractivity contribution < 1.29 is 19.5 Å². The number of likely N-dealkylation sites (tertiary alicyclic amines) is 1. The summed E-state index contributed by atoms with van der Waals surface area (Å²) in [5.41, 5.74) is 1.50. The molecule has 0 unspecified atom stereocenters. The molecule has 1 saturated heterocycles. The molecule has 1 aliphatic carbocycles. The van der Waals surface area contributed by atoms with Crippen molar-refractivity contribution in [1.82, 2.24) is 30.5 Å². The van der Waals surface area contributed by atoms with Crippen LogP contribution in [0, 0.1) is 29.6 Å². The van der Waals surface area contributed by atoms with Crippen molar-refractivity contribution >= 4 is 28.8 Å². The zero-order valence-corrected chi connectivity index (χ0v) is 22.0. The Morgan fingerprint density at radius 2 is 1.92 bits per heavy atom. The molecule has 2 aliphatic rings. The van der Waals surface area contributed by atoms with Gasteiger partial charge in [0.2, 0.25) is 17.7 Å². The molecule has 1 aliphatic heterocycles. The maximum absolute atomic E-state index is 14.0. The largest absolute Gasteiger partial charge is 0.394 e. The number of nitrogens with one attached hydrogen (secondary N) is 2. The summed E-state index contributed by atoms with van der Waals surface area (Å²) in [6.45, 7) is 5.92. The number of nitrogens with zero attached hydrogens (tertiary/aromatic N) is 4. The predicted octanol–water partition coefficient (Wildman–Crippen LogP) is 1.70. The van der Waals surface area contributed by atoms with Crippen molar-refractivity contribution in [3.05, 3.63) is 36.4 Å². The molecule has 0 saturated carbocycles. The highest BCUT2D eigenvalue weighted by molar-refractivity contribution is 5.97. The van der Waals surface area contributed by atoms with Gasteiger partial charge < -0.3 is 20.6 Å². The normalized spacial score (nSPS) is 25.9. The fourth-order valence-electron chi connectivity index (χ4n) is 6.08. The first-order valence-electron chi connectivity index (χ1n) is 13.2. The highest BCUT2D eigenvalue weighted by Crippen LogP contribution is 2.46. The van der Waals surface area contributed by atoms with Crippen LogP contribution in [0.1, 0.15) is 40.0 Å². The van der Waals surface area contributed by atoms with Crippen LogP contribution in [0.25, 0.3) is 11.0 Å². The molecule has 37 heavy (non-hydrogen) atoms. The summed E-state index contributed by atoms with van der Waals surface area (Å²) in [4.78, 5) is 42.4. The summed E-state index contributed by atoms with van der Waals surface area (Å²) in [5.74, 6) is -2.35. The summed E-state index contributed by atoms with van der Waals surface area (Å²) in [6, 6.07) is 6.11. The molecule has 10 nitrogen and oxygen atoms in total. The number of aliphatic hydroxyl groups excluding tert-OH is 1. The molecule has 0 spiro atoms. The maximum atomic E-state index is 14.0. The molecule has 6 atom stereocenters. The van der Waals surface area contributed by atoms with E-state index in [0.717, 1.165) is 23.9 Å². The third kappa shape index (κ3) is 5.12. The van der Waals surface area contributed by atoms with Gasteiger partial charge in [0.25, 0.3) is 0 Å². The van der Waals surface area contributed by atoms with Gasteiger partial charge in [-0.3, -0.25) is 14.4 Å². The first kappa shape index (κ1) is 26.8. The highest BCUT2D eigenvalue weighted by Gasteiger charge is 2.58. The van der Waals surface area contributed by atoms with E-state index in [1.54, 1.807) is 16.6 Å². The second kappa shape index (κ2) is 11.4. The monoisotopic (exact) mass is 510 g/mol. The van der Waals surface area contributed by atoms with E-state index in [2.05, 4.69) is 27.9 Å². The number of hydrogen-bond donors (Lipinski definition) is 3. The van der Waals surface area contributed by atoms with E-state index in [9.17, 15) is 19.5 Å². The molecular weight excluding hydrogens is 472 g/mol. The van der Waals surface area contributed by atoms with Gasteiger partial charge in [0.05, 0.1) is 30.0 Å². The van der Waals surface area contributed by atoms with Gasteiger partial charge in [-0.1, -0.05) is 56.7 Å². The highest BCUT2D eigenvalue weighted by atomic mass is 16.3. The summed E-state index contributed by atoms with van der Waals surface area (Å²) >= 11 is 0. The molecule has 10 heteroatoms. The third-order valence-corrected chi connectivity index (χ3v) is 7.66. The van der Waals surface area contributed by atoms with Crippen molar-refractivity contribution in [3.63, 3.8) is 0 Å². The fourth-order valence-corrected chi connectivity index (χ4v) is 6.08. The Kier molecular flexibility index (Phi) is 8.26. The lowest BCUT2D eigenvalue weighted by Gasteiger charge is -2.34. The number of aromatic nitrogens is 3. The van der Waals surface area contributed by atoms with Crippen molar-refractivity contribution in [2.75, 3.05) is 13.7 Å². The Bertz CT molecular complexity index is 1160. The van der Waals surface area contributed by atoms with Crippen LogP contribution in [-0.4, -0.2) is 68.5 Å². The number of amides is 3. The Balaban J connectivity index is 1.68. The van der Waals surface area contributed by atoms with Crippen LogP contribution in [0.4, 0.5) is 0 Å². The molecular formula is C27H38N6O4. The minimum absolute atomic E-state index is 0.0852. The second-order valence-corrected chi connectivity index (χ2v) is 10.5. The fraction of sp³-hybridized carbons (Fsp3) is 0.593. The van der Waals surface area contributed by atoms with Crippen molar-refractivity contribution in [1.29, 1.82) is 0 Å². The van der Waals surface area contributed by atoms with Crippen molar-refractivity contribution in [2.45, 2.75) is 58.8 Å². The number of carbonyl (C=O) groups is 3. The molecule has 3 N–H and O–H groups in total. The molecule has 0 bridgehead atoms. The Labute approximate surface area is 217 Å². The van der Waals surface area contributed by atoms with Crippen molar-refractivity contribution in [3.8, 4) is 0 Å². The molecule has 2 aromatic rings. The average Bonchev–Trinajstić information content (AvgIpc) is 3.44. The number of allylic oxidation sites excluding steroid dienone is 1. The van der Waals surface area contributed by atoms with Crippen LogP contribution in [-0.2, 0) is 21.1 Å². The van der Waals surface area contributed by atoms with Gasteiger partial charge in [-0.25, -0.2) is 4.68 Å². The van der Waals surface area contributed by atoms with E-state index in [-0.39, 0.29) is 42.8 Å². The number of para-hydroxylation sites is 1. The van der Waals surface area contributed by atoms with Crippen LogP contribution in [0.3, 0.4) is 0 Å². The van der Waals surface area contributed by atoms with E-state index >= 15 is 0 Å². The lowest BCUT2D eigenvalue weighted by atomic mass is 9.68. The zero-order valence-electron chi connectivity index (χ0n) is 22.0. The second-order valence-electron chi connectivity index (χ2n) is 10.5. The first-order valence-corrected chi connectivity index (χ1v) is 13.2. The lowest BCUT2D eigenvalue weighted by Crippen LogP contribution is -2.52. The first-order chi connectivity index (χ1) is 17.8. The smallest absolute Gasteiger partial charge is 0.244 e. The van der Waals surface area contributed by atoms with Crippen LogP contribution in [0.2, 0.25) is 0 Å². The third-order valence-electron chi connectivity index (χ3n) is 7.66. The van der Waals surface area contributed by atoms with E-state index in [1.807, 2.05) is 50.3 Å². The molecule has 0 radical (unpaired) electrons. The summed E-state index contributed by atoms with van der Waals surface area (Å²) < 4.78 is 1.60. The van der Waals surface area contributed by atoms with E-state index in [1.165, 1.54) is 0 Å². The molecule has 1 aromatic heterocycles. The number of rotatable bonds is 10. The van der Waals surface area contributed by atoms with Gasteiger partial charge in [0, 0.05) is 13.0 Å². The van der Waals surface area contributed by atoms with E-state index in [4.69, 9.17) is 0 Å². The molecule has 200 valence electrons. The van der Waals surface area contributed by atoms with Crippen LogP contribution in [0.5, 0.6) is 0 Å². The number of hydrogen-bond acceptors (Lipinski definition) is 6. The summed E-state index contributed by atoms with van der Waals surface area (Å²) in [5, 5.41) is 24.3. The minimum atomic E-state index is -0.839. The van der Waals surface area contributed by atoms with Gasteiger partial charge in [-0.05, 0) is 36.8 Å². The quantitative estimate of drug-likeness (QED) is 0.417. The van der Waals surface area contributed by atoms with Crippen molar-refractivity contribution in [2.24, 2.45) is 29.6 Å². The number of carbonyl (C=O) groups excluding carboxylic acids is 3. The predicted molar refractivity (Wildman–Crippen MR) is 139 cm³/mol. The number of aliphatic hydroxyl groups is 1. The molecule has 2 heterocycles. The molecule has 4 rings (SSSR count). The Morgan fingerprint density at radius 1 is 1.16 bits per heavy atom. The topological polar surface area (TPSA) is 129 Å². The molecule has 3 amide bonds. The molecule has 1 fully saturated rings. The van der Waals surface area contributed by atoms with E-state index < -0.39 is 29.8 Å².